The van der Waals surface area contributed by atoms with E-state index >= 15 is 0 Å². The Balaban J connectivity index is 1.28. The molecular formula is C34H30N2O2. The zero-order valence-electron chi connectivity index (χ0n) is 21.5. The summed E-state index contributed by atoms with van der Waals surface area (Å²) in [4.78, 5) is 4.41. The van der Waals surface area contributed by atoms with E-state index in [2.05, 4.69) is 84.6 Å². The molecule has 0 amide bonds. The lowest BCUT2D eigenvalue weighted by Crippen LogP contribution is -2.53. The molecule has 0 unspecified atom stereocenters. The van der Waals surface area contributed by atoms with E-state index in [0.717, 1.165) is 56.1 Å². The molecule has 188 valence electrons. The minimum Gasteiger partial charge on any atom is -0.392 e. The van der Waals surface area contributed by atoms with Crippen LogP contribution >= 0.6 is 0 Å². The number of para-hydroxylation sites is 4. The van der Waals surface area contributed by atoms with Gasteiger partial charge in [-0.15, -0.1) is 0 Å². The number of hydrogen-bond acceptors (Lipinski definition) is 4. The van der Waals surface area contributed by atoms with Gasteiger partial charge in [-0.25, -0.2) is 0 Å². The maximum atomic E-state index is 11.4. The summed E-state index contributed by atoms with van der Waals surface area (Å²) in [5, 5.41) is 22.9. The van der Waals surface area contributed by atoms with Crippen molar-refractivity contribution in [3.8, 4) is 0 Å². The van der Waals surface area contributed by atoms with E-state index in [4.69, 9.17) is 0 Å². The Morgan fingerprint density at radius 1 is 0.474 bits per heavy atom. The van der Waals surface area contributed by atoms with Crippen molar-refractivity contribution in [3.05, 3.63) is 131 Å². The van der Waals surface area contributed by atoms with Crippen LogP contribution < -0.4 is 9.80 Å². The number of hydrogen-bond donors (Lipinski definition) is 2. The summed E-state index contributed by atoms with van der Waals surface area (Å²) in [7, 11) is 4.17. The molecule has 0 atom stereocenters. The Kier molecular flexibility index (Phi) is 5.29. The van der Waals surface area contributed by atoms with Gasteiger partial charge in [-0.1, -0.05) is 84.9 Å². The van der Waals surface area contributed by atoms with Gasteiger partial charge in [-0.3, -0.25) is 0 Å². The highest BCUT2D eigenvalue weighted by Crippen LogP contribution is 2.49. The first-order chi connectivity index (χ1) is 18.5. The van der Waals surface area contributed by atoms with Gasteiger partial charge in [0.25, 0.3) is 0 Å². The van der Waals surface area contributed by atoms with Gasteiger partial charge in [0, 0.05) is 70.9 Å². The van der Waals surface area contributed by atoms with E-state index in [0.29, 0.717) is 0 Å². The Hall–Kier alpha value is -4.12. The Bertz CT molecular complexity index is 1390. The number of nitrogens with zero attached hydrogens (tertiary/aromatic N) is 2. The second-order valence-corrected chi connectivity index (χ2v) is 10.5. The zero-order chi connectivity index (χ0) is 26.0. The van der Waals surface area contributed by atoms with Crippen LogP contribution in [0.4, 0.5) is 22.7 Å². The summed E-state index contributed by atoms with van der Waals surface area (Å²) in [6.07, 6.45) is 2.82. The number of anilines is 4. The molecule has 4 aromatic carbocycles. The van der Waals surface area contributed by atoms with Crippen molar-refractivity contribution < 1.29 is 10.2 Å². The van der Waals surface area contributed by atoms with E-state index in [1.54, 1.807) is 0 Å². The monoisotopic (exact) mass is 498 g/mol. The molecule has 2 aliphatic heterocycles. The van der Waals surface area contributed by atoms with Crippen LogP contribution in [0.1, 0.15) is 22.3 Å². The number of fused-ring (bicyclic) bond motifs is 4. The number of aliphatic hydroxyl groups is 2. The maximum Gasteiger partial charge on any atom is 0.0716 e. The molecule has 0 aromatic heterocycles. The van der Waals surface area contributed by atoms with Crippen LogP contribution in [0.5, 0.6) is 0 Å². The van der Waals surface area contributed by atoms with Gasteiger partial charge in [0.1, 0.15) is 0 Å². The molecular weight excluding hydrogens is 468 g/mol. The minimum absolute atomic E-state index is 0.354. The molecule has 2 heterocycles. The van der Waals surface area contributed by atoms with Gasteiger partial charge in [0.2, 0.25) is 0 Å². The van der Waals surface area contributed by atoms with Gasteiger partial charge in [-0.05, 0) is 35.4 Å². The Labute approximate surface area is 223 Å². The van der Waals surface area contributed by atoms with Crippen LogP contribution in [0.2, 0.25) is 0 Å². The normalized spacial score (nSPS) is 23.1. The molecule has 0 radical (unpaired) electrons. The largest absolute Gasteiger partial charge is 0.392 e. The second-order valence-electron chi connectivity index (χ2n) is 10.5. The predicted molar refractivity (Wildman–Crippen MR) is 155 cm³/mol. The quantitative estimate of drug-likeness (QED) is 0.337. The third-order valence-electron chi connectivity index (χ3n) is 8.52. The molecule has 7 rings (SSSR count). The average Bonchev–Trinajstić information content (AvgIpc) is 2.97. The van der Waals surface area contributed by atoms with Crippen molar-refractivity contribution in [2.24, 2.45) is 11.8 Å². The fraction of sp³-hybridized carbons (Fsp3) is 0.176. The molecule has 0 spiro atoms. The van der Waals surface area contributed by atoms with E-state index in [1.165, 1.54) is 0 Å². The summed E-state index contributed by atoms with van der Waals surface area (Å²) in [5.74, 6) is -0.707. The molecule has 38 heavy (non-hydrogen) atoms. The van der Waals surface area contributed by atoms with Crippen LogP contribution in [0.15, 0.2) is 109 Å². The lowest BCUT2D eigenvalue weighted by atomic mass is 9.66. The summed E-state index contributed by atoms with van der Waals surface area (Å²) in [5.41, 5.74) is 11.1. The highest BCUT2D eigenvalue weighted by molar-refractivity contribution is 5.99. The molecule has 1 fully saturated rings. The number of aliphatic hydroxyl groups excluding tert-OH is 2. The van der Waals surface area contributed by atoms with Gasteiger partial charge in [0.15, 0.2) is 0 Å². The van der Waals surface area contributed by atoms with E-state index < -0.39 is 12.2 Å². The summed E-state index contributed by atoms with van der Waals surface area (Å²) < 4.78 is 0. The summed E-state index contributed by atoms with van der Waals surface area (Å²) in [6, 6.07) is 33.3. The first kappa shape index (κ1) is 23.0. The minimum atomic E-state index is -0.678. The lowest BCUT2D eigenvalue weighted by Gasteiger charge is -2.45. The summed E-state index contributed by atoms with van der Waals surface area (Å²) >= 11 is 0. The zero-order valence-corrected chi connectivity index (χ0v) is 21.5. The fourth-order valence-corrected chi connectivity index (χ4v) is 6.44. The van der Waals surface area contributed by atoms with Crippen LogP contribution in [0.25, 0.3) is 11.1 Å². The average molecular weight is 499 g/mol. The highest BCUT2D eigenvalue weighted by Gasteiger charge is 2.47. The van der Waals surface area contributed by atoms with Crippen LogP contribution in [0.3, 0.4) is 0 Å². The van der Waals surface area contributed by atoms with Crippen molar-refractivity contribution >= 4 is 33.9 Å². The van der Waals surface area contributed by atoms with Crippen LogP contribution in [0, 0.1) is 11.8 Å². The molecule has 4 aromatic rings. The van der Waals surface area contributed by atoms with Crippen molar-refractivity contribution in [1.29, 1.82) is 0 Å². The van der Waals surface area contributed by atoms with Crippen molar-refractivity contribution in [1.82, 2.24) is 0 Å². The fourth-order valence-electron chi connectivity index (χ4n) is 6.44. The van der Waals surface area contributed by atoms with Crippen molar-refractivity contribution in [2.45, 2.75) is 12.2 Å². The molecule has 0 bridgehead atoms. The first-order valence-corrected chi connectivity index (χ1v) is 13.2. The molecule has 1 saturated carbocycles. The van der Waals surface area contributed by atoms with E-state index in [-0.39, 0.29) is 11.8 Å². The highest BCUT2D eigenvalue weighted by atomic mass is 16.3. The van der Waals surface area contributed by atoms with Crippen molar-refractivity contribution in [2.75, 3.05) is 23.9 Å². The molecule has 1 aliphatic carbocycles. The number of benzene rings is 4. The SMILES string of the molecule is CN1c2ccccc2C(=CC2C(O)C(C=C3c4ccccc4N(C)c4ccccc43)C2O)c2ccccc21. The molecule has 2 N–H and O–H groups in total. The Morgan fingerprint density at radius 3 is 1.03 bits per heavy atom. The van der Waals surface area contributed by atoms with Crippen LogP contribution in [-0.4, -0.2) is 36.5 Å². The van der Waals surface area contributed by atoms with E-state index in [1.807, 2.05) is 48.5 Å². The predicted octanol–water partition coefficient (Wildman–Crippen LogP) is 6.38. The standard InChI is InChI=1S/C34H30N2O2/c1-35-29-15-7-3-11-21(29)25(22-12-4-8-16-30(22)35)19-27-33(37)28(34(27)38)20-26-23-13-5-9-17-31(23)36(2)32-18-10-6-14-24(26)32/h3-20,27-28,33-34,37-38H,1-2H3. The van der Waals surface area contributed by atoms with E-state index in [9.17, 15) is 10.2 Å². The van der Waals surface area contributed by atoms with Gasteiger partial charge < -0.3 is 20.0 Å². The third-order valence-corrected chi connectivity index (χ3v) is 8.52. The third kappa shape index (κ3) is 3.31. The molecule has 4 nitrogen and oxygen atoms in total. The topological polar surface area (TPSA) is 46.9 Å². The van der Waals surface area contributed by atoms with Crippen molar-refractivity contribution in [3.63, 3.8) is 0 Å². The molecule has 3 aliphatic rings. The summed E-state index contributed by atoms with van der Waals surface area (Å²) in [6.45, 7) is 0. The second kappa shape index (κ2) is 8.73. The maximum absolute atomic E-state index is 11.4. The lowest BCUT2D eigenvalue weighted by molar-refractivity contribution is -0.109. The van der Waals surface area contributed by atoms with Gasteiger partial charge >= 0.3 is 0 Å². The van der Waals surface area contributed by atoms with Gasteiger partial charge in [0.05, 0.1) is 12.2 Å². The smallest absolute Gasteiger partial charge is 0.0716 e. The van der Waals surface area contributed by atoms with Crippen LogP contribution in [-0.2, 0) is 0 Å². The number of rotatable bonds is 2. The molecule has 4 heteroatoms. The first-order valence-electron chi connectivity index (χ1n) is 13.2. The Morgan fingerprint density at radius 2 is 0.737 bits per heavy atom. The molecule has 0 saturated heterocycles. The van der Waals surface area contributed by atoms with Gasteiger partial charge in [-0.2, -0.15) is 0 Å².